The molecule has 1 aromatic heterocycles. The van der Waals surface area contributed by atoms with E-state index in [4.69, 9.17) is 37.9 Å². The Morgan fingerprint density at radius 2 is 1.72 bits per heavy atom. The van der Waals surface area contributed by atoms with Gasteiger partial charge >= 0.3 is 11.9 Å². The van der Waals surface area contributed by atoms with Crippen LogP contribution in [0.15, 0.2) is 69.6 Å². The molecule has 2 aliphatic heterocycles. The van der Waals surface area contributed by atoms with Crippen molar-refractivity contribution in [2.75, 3.05) is 40.3 Å². The van der Waals surface area contributed by atoms with Gasteiger partial charge < -0.3 is 37.9 Å². The van der Waals surface area contributed by atoms with Crippen molar-refractivity contribution in [3.8, 4) is 34.5 Å². The third kappa shape index (κ3) is 8.15. The molecule has 1 atom stereocenters. The van der Waals surface area contributed by atoms with Gasteiger partial charge in [0.15, 0.2) is 45.9 Å². The van der Waals surface area contributed by atoms with E-state index >= 15 is 0 Å². The number of fused-ring (bicyclic) bond motifs is 2. The Morgan fingerprint density at radius 3 is 2.47 bits per heavy atom. The lowest BCUT2D eigenvalue weighted by Crippen LogP contribution is -2.40. The molecule has 3 aromatic carbocycles. The average molecular weight is 857 g/mol. The molecule has 0 amide bonds. The summed E-state index contributed by atoms with van der Waals surface area (Å²) in [4.78, 5) is 44.7. The first kappa shape index (κ1) is 37.7. The number of nitrogens with zero attached hydrogens (tertiary/aromatic N) is 2. The number of benzene rings is 3. The van der Waals surface area contributed by atoms with Crippen LogP contribution >= 0.6 is 33.9 Å². The van der Waals surface area contributed by atoms with Crippen LogP contribution in [0.4, 0.5) is 0 Å². The zero-order valence-corrected chi connectivity index (χ0v) is 32.7. The molecule has 0 unspecified atom stereocenters. The average Bonchev–Trinajstić information content (AvgIpc) is 3.73. The first-order chi connectivity index (χ1) is 25.6. The summed E-state index contributed by atoms with van der Waals surface area (Å²) >= 11 is 3.39. The summed E-state index contributed by atoms with van der Waals surface area (Å²) in [6.07, 6.45) is 1.77. The third-order valence-corrected chi connectivity index (χ3v) is 9.91. The maximum Gasteiger partial charge on any atom is 0.343 e. The molecular formula is C38H37IN2O11S. The van der Waals surface area contributed by atoms with Crippen LogP contribution in [0.25, 0.3) is 6.08 Å². The summed E-state index contributed by atoms with van der Waals surface area (Å²) in [6.45, 7) is 8.09. The lowest BCUT2D eigenvalue weighted by atomic mass is 9.95. The Labute approximate surface area is 322 Å². The van der Waals surface area contributed by atoms with Crippen molar-refractivity contribution in [1.82, 2.24) is 4.57 Å². The van der Waals surface area contributed by atoms with Gasteiger partial charge in [0.2, 0.25) is 6.79 Å². The van der Waals surface area contributed by atoms with E-state index in [1.807, 2.05) is 44.2 Å². The Morgan fingerprint density at radius 1 is 0.943 bits per heavy atom. The number of rotatable bonds is 14. The van der Waals surface area contributed by atoms with E-state index < -0.39 is 18.0 Å². The van der Waals surface area contributed by atoms with E-state index in [-0.39, 0.29) is 37.7 Å². The zero-order chi connectivity index (χ0) is 37.6. The van der Waals surface area contributed by atoms with Crippen molar-refractivity contribution in [2.45, 2.75) is 40.3 Å². The van der Waals surface area contributed by atoms with Crippen molar-refractivity contribution < 1.29 is 47.5 Å². The van der Waals surface area contributed by atoms with Crippen molar-refractivity contribution in [3.63, 3.8) is 0 Å². The molecule has 0 aliphatic carbocycles. The SMILES string of the molecule is CCOC(=O)C1=C(C)N=c2s/c(=C\c3cc(I)c(OCc4ccc5c(c4)OCO5)c(OCC)c3)c(=O)n2[C@H]1c1ccc(OCC(=O)OC)c(OCC)c1. The fraction of sp³-hybridized carbons (Fsp3) is 0.316. The fourth-order valence-corrected chi connectivity index (χ4v) is 7.62. The molecule has 2 aliphatic rings. The first-order valence-corrected chi connectivity index (χ1v) is 18.7. The second-order valence-electron chi connectivity index (χ2n) is 11.5. The molecule has 278 valence electrons. The van der Waals surface area contributed by atoms with E-state index in [2.05, 4.69) is 27.6 Å². The minimum Gasteiger partial charge on any atom is -0.490 e. The number of allylic oxidation sites excluding steroid dienone is 1. The van der Waals surface area contributed by atoms with Gasteiger partial charge in [0.25, 0.3) is 5.56 Å². The largest absolute Gasteiger partial charge is 0.490 e. The molecule has 0 saturated heterocycles. The van der Waals surface area contributed by atoms with Crippen LogP contribution in [-0.4, -0.2) is 56.8 Å². The van der Waals surface area contributed by atoms with E-state index in [0.717, 1.165) is 9.13 Å². The van der Waals surface area contributed by atoms with Crippen LogP contribution in [0.5, 0.6) is 34.5 Å². The summed E-state index contributed by atoms with van der Waals surface area (Å²) in [5.41, 5.74) is 2.45. The number of halogens is 1. The molecular weight excluding hydrogens is 819 g/mol. The highest BCUT2D eigenvalue weighted by Gasteiger charge is 2.34. The third-order valence-electron chi connectivity index (χ3n) is 8.12. The number of aromatic nitrogens is 1. The molecule has 0 fully saturated rings. The van der Waals surface area contributed by atoms with Crippen LogP contribution in [-0.2, 0) is 25.7 Å². The molecule has 53 heavy (non-hydrogen) atoms. The Balaban J connectivity index is 1.39. The Kier molecular flexibility index (Phi) is 11.9. The lowest BCUT2D eigenvalue weighted by molar-refractivity contribution is -0.143. The molecule has 3 heterocycles. The second kappa shape index (κ2) is 16.8. The Bertz CT molecular complexity index is 2260. The molecule has 15 heteroatoms. The molecule has 0 spiro atoms. The minimum absolute atomic E-state index is 0.133. The van der Waals surface area contributed by atoms with Crippen LogP contribution in [0.1, 0.15) is 50.4 Å². The molecule has 6 rings (SSSR count). The fourth-order valence-electron chi connectivity index (χ4n) is 5.80. The van der Waals surface area contributed by atoms with Crippen LogP contribution < -0.4 is 43.3 Å². The summed E-state index contributed by atoms with van der Waals surface area (Å²) < 4.78 is 47.5. The van der Waals surface area contributed by atoms with Gasteiger partial charge in [0.1, 0.15) is 6.61 Å². The highest BCUT2D eigenvalue weighted by Crippen LogP contribution is 2.38. The molecule has 13 nitrogen and oxygen atoms in total. The Hall–Kier alpha value is -5.03. The van der Waals surface area contributed by atoms with Gasteiger partial charge in [-0.3, -0.25) is 9.36 Å². The summed E-state index contributed by atoms with van der Waals surface area (Å²) in [5.74, 6) is 1.94. The van der Waals surface area contributed by atoms with Crippen molar-refractivity contribution >= 4 is 51.9 Å². The van der Waals surface area contributed by atoms with E-state index in [0.29, 0.717) is 73.9 Å². The number of carbonyl (C=O) groups is 2. The minimum atomic E-state index is -0.896. The van der Waals surface area contributed by atoms with Gasteiger partial charge in [-0.05, 0) is 109 Å². The predicted octanol–water partition coefficient (Wildman–Crippen LogP) is 5.06. The van der Waals surface area contributed by atoms with Gasteiger partial charge in [-0.2, -0.15) is 0 Å². The zero-order valence-electron chi connectivity index (χ0n) is 29.7. The van der Waals surface area contributed by atoms with Gasteiger partial charge in [0, 0.05) is 0 Å². The van der Waals surface area contributed by atoms with Gasteiger partial charge in [-0.25, -0.2) is 14.6 Å². The molecule has 0 radical (unpaired) electrons. The monoisotopic (exact) mass is 856 g/mol. The molecule has 0 saturated carbocycles. The van der Waals surface area contributed by atoms with Crippen LogP contribution in [0.3, 0.4) is 0 Å². The smallest absolute Gasteiger partial charge is 0.343 e. The highest BCUT2D eigenvalue weighted by molar-refractivity contribution is 14.1. The number of esters is 2. The van der Waals surface area contributed by atoms with Crippen molar-refractivity contribution in [2.24, 2.45) is 4.99 Å². The summed E-state index contributed by atoms with van der Waals surface area (Å²) in [5, 5.41) is 0. The maximum absolute atomic E-state index is 14.3. The van der Waals surface area contributed by atoms with E-state index in [9.17, 15) is 14.4 Å². The summed E-state index contributed by atoms with van der Waals surface area (Å²) in [6, 6.07) is 13.5. The van der Waals surface area contributed by atoms with Gasteiger partial charge in [-0.15, -0.1) is 0 Å². The van der Waals surface area contributed by atoms with E-state index in [1.165, 1.54) is 23.0 Å². The van der Waals surface area contributed by atoms with E-state index in [1.54, 1.807) is 38.1 Å². The van der Waals surface area contributed by atoms with Gasteiger partial charge in [0.05, 0.1) is 52.3 Å². The first-order valence-electron chi connectivity index (χ1n) is 16.8. The normalized spacial score (nSPS) is 14.7. The molecule has 0 bridgehead atoms. The second-order valence-corrected chi connectivity index (χ2v) is 13.7. The number of hydrogen-bond donors (Lipinski definition) is 0. The number of thiazole rings is 1. The topological polar surface area (TPSA) is 142 Å². The van der Waals surface area contributed by atoms with Crippen molar-refractivity contribution in [3.05, 3.63) is 99.7 Å². The molecule has 0 N–H and O–H groups in total. The highest BCUT2D eigenvalue weighted by atomic mass is 127. The van der Waals surface area contributed by atoms with Crippen LogP contribution in [0, 0.1) is 3.57 Å². The quantitative estimate of drug-likeness (QED) is 0.124. The van der Waals surface area contributed by atoms with Crippen molar-refractivity contribution in [1.29, 1.82) is 0 Å². The lowest BCUT2D eigenvalue weighted by Gasteiger charge is -2.25. The predicted molar refractivity (Wildman–Crippen MR) is 203 cm³/mol. The maximum atomic E-state index is 14.3. The van der Waals surface area contributed by atoms with Gasteiger partial charge in [-0.1, -0.05) is 23.5 Å². The standard InChI is InChI=1S/C38H37IN2O11S/c1-6-46-29-17-24(10-12-26(29)49-19-32(42)45-5)34-33(37(44)48-8-3)21(4)40-38-41(34)36(43)31(53-38)16-23-13-25(39)35(30(15-23)47-7-2)50-18-22-9-11-27-28(14-22)52-20-51-27/h9-17,34H,6-8,18-20H2,1-5H3/b31-16-/t34-/m0/s1. The van der Waals surface area contributed by atoms with Crippen LogP contribution in [0.2, 0.25) is 0 Å². The number of methoxy groups -OCH3 is 1. The number of hydrogen-bond acceptors (Lipinski definition) is 13. The number of carbonyl (C=O) groups excluding carboxylic acids is 2. The summed E-state index contributed by atoms with van der Waals surface area (Å²) in [7, 11) is 1.27. The molecule has 4 aromatic rings. The number of ether oxygens (including phenoxy) is 8.